The summed E-state index contributed by atoms with van der Waals surface area (Å²) in [5.41, 5.74) is 1.50. The zero-order chi connectivity index (χ0) is 8.81. The number of ketones is 1. The Hall–Kier alpha value is -0.590. The predicted octanol–water partition coefficient (Wildman–Crippen LogP) is 3.25. The number of carbonyl (C=O) groups is 1. The Morgan fingerprint density at radius 3 is 2.58 bits per heavy atom. The van der Waals surface area contributed by atoms with Crippen LogP contribution in [0.4, 0.5) is 0 Å². The van der Waals surface area contributed by atoms with Gasteiger partial charge in [-0.3, -0.25) is 4.79 Å². The smallest absolute Gasteiger partial charge is 0.132 e. The lowest BCUT2D eigenvalue weighted by Crippen LogP contribution is -1.98. The monoisotopic (exact) mass is 166 g/mol. The zero-order valence-corrected chi connectivity index (χ0v) is 7.94. The first-order valence-electron chi connectivity index (χ1n) is 4.96. The Morgan fingerprint density at radius 2 is 1.75 bits per heavy atom. The van der Waals surface area contributed by atoms with Gasteiger partial charge in [0.2, 0.25) is 0 Å². The van der Waals surface area contributed by atoms with Crippen LogP contribution >= 0.6 is 0 Å². The quantitative estimate of drug-likeness (QED) is 0.505. The molecule has 12 heavy (non-hydrogen) atoms. The van der Waals surface area contributed by atoms with Crippen molar-refractivity contribution in [1.29, 1.82) is 0 Å². The molecular weight excluding hydrogens is 148 g/mol. The molecule has 0 unspecified atom stereocenters. The van der Waals surface area contributed by atoms with Gasteiger partial charge in [-0.05, 0) is 39.0 Å². The molecule has 1 rings (SSSR count). The molecule has 0 aromatic rings. The highest BCUT2D eigenvalue weighted by Gasteiger charge is 2.03. The van der Waals surface area contributed by atoms with Crippen LogP contribution in [0.5, 0.6) is 0 Å². The SMILES string of the molecule is C/C1=C/CCCC(=O)CCCC1. The summed E-state index contributed by atoms with van der Waals surface area (Å²) in [7, 11) is 0. The summed E-state index contributed by atoms with van der Waals surface area (Å²) < 4.78 is 0. The topological polar surface area (TPSA) is 17.1 Å². The van der Waals surface area contributed by atoms with Gasteiger partial charge in [-0.2, -0.15) is 0 Å². The number of Topliss-reactive ketones (excluding diaryl/α,β-unsaturated/α-hetero) is 1. The molecule has 0 spiro atoms. The van der Waals surface area contributed by atoms with E-state index in [0.29, 0.717) is 5.78 Å². The molecule has 0 atom stereocenters. The minimum atomic E-state index is 0.461. The van der Waals surface area contributed by atoms with Crippen molar-refractivity contribution in [2.45, 2.75) is 51.9 Å². The zero-order valence-electron chi connectivity index (χ0n) is 7.94. The third-order valence-corrected chi connectivity index (χ3v) is 2.43. The fourth-order valence-electron chi connectivity index (χ4n) is 1.60. The minimum absolute atomic E-state index is 0.461. The van der Waals surface area contributed by atoms with E-state index in [1.807, 2.05) is 0 Å². The minimum Gasteiger partial charge on any atom is -0.300 e. The lowest BCUT2D eigenvalue weighted by molar-refractivity contribution is -0.119. The Bertz CT molecular complexity index is 179. The van der Waals surface area contributed by atoms with Crippen LogP contribution in [-0.2, 0) is 4.79 Å². The van der Waals surface area contributed by atoms with Crippen LogP contribution in [-0.4, -0.2) is 5.78 Å². The van der Waals surface area contributed by atoms with Crippen LogP contribution < -0.4 is 0 Å². The van der Waals surface area contributed by atoms with E-state index in [2.05, 4.69) is 13.0 Å². The predicted molar refractivity (Wildman–Crippen MR) is 51.1 cm³/mol. The Morgan fingerprint density at radius 1 is 1.08 bits per heavy atom. The first kappa shape index (κ1) is 9.50. The van der Waals surface area contributed by atoms with Gasteiger partial charge in [-0.1, -0.05) is 11.6 Å². The molecule has 68 valence electrons. The number of hydrogen-bond donors (Lipinski definition) is 0. The van der Waals surface area contributed by atoms with Gasteiger partial charge in [-0.15, -0.1) is 0 Å². The van der Waals surface area contributed by atoms with Crippen molar-refractivity contribution in [3.05, 3.63) is 11.6 Å². The molecule has 0 bridgehead atoms. The number of allylic oxidation sites excluding steroid dienone is 2. The van der Waals surface area contributed by atoms with Crippen LogP contribution in [0.25, 0.3) is 0 Å². The lowest BCUT2D eigenvalue weighted by atomic mass is 10.0. The van der Waals surface area contributed by atoms with Crippen LogP contribution in [0.3, 0.4) is 0 Å². The summed E-state index contributed by atoms with van der Waals surface area (Å²) in [6.07, 6.45) is 9.51. The second-order valence-electron chi connectivity index (χ2n) is 3.69. The van der Waals surface area contributed by atoms with Gasteiger partial charge in [0, 0.05) is 12.8 Å². The van der Waals surface area contributed by atoms with Crippen molar-refractivity contribution in [1.82, 2.24) is 0 Å². The van der Waals surface area contributed by atoms with E-state index in [4.69, 9.17) is 0 Å². The van der Waals surface area contributed by atoms with Gasteiger partial charge in [0.15, 0.2) is 0 Å². The van der Waals surface area contributed by atoms with E-state index in [-0.39, 0.29) is 0 Å². The van der Waals surface area contributed by atoms with Crippen LogP contribution in [0.15, 0.2) is 11.6 Å². The molecule has 1 aliphatic rings. The Labute approximate surface area is 74.9 Å². The van der Waals surface area contributed by atoms with Gasteiger partial charge in [0.1, 0.15) is 5.78 Å². The van der Waals surface area contributed by atoms with Crippen molar-refractivity contribution in [2.75, 3.05) is 0 Å². The molecule has 1 nitrogen and oxygen atoms in total. The van der Waals surface area contributed by atoms with Crippen molar-refractivity contribution in [3.8, 4) is 0 Å². The van der Waals surface area contributed by atoms with Crippen molar-refractivity contribution in [3.63, 3.8) is 0 Å². The molecule has 0 aromatic heterocycles. The Balaban J connectivity index is 2.39. The summed E-state index contributed by atoms with van der Waals surface area (Å²) in [6, 6.07) is 0. The highest BCUT2D eigenvalue weighted by atomic mass is 16.1. The average molecular weight is 166 g/mol. The molecule has 0 radical (unpaired) electrons. The number of rotatable bonds is 0. The van der Waals surface area contributed by atoms with Gasteiger partial charge in [0.25, 0.3) is 0 Å². The molecule has 0 fully saturated rings. The fourth-order valence-corrected chi connectivity index (χ4v) is 1.60. The van der Waals surface area contributed by atoms with E-state index < -0.39 is 0 Å². The number of hydrogen-bond acceptors (Lipinski definition) is 1. The highest BCUT2D eigenvalue weighted by molar-refractivity contribution is 5.78. The molecule has 0 aromatic carbocycles. The van der Waals surface area contributed by atoms with Crippen LogP contribution in [0.1, 0.15) is 51.9 Å². The van der Waals surface area contributed by atoms with Crippen molar-refractivity contribution >= 4 is 5.78 Å². The van der Waals surface area contributed by atoms with Gasteiger partial charge < -0.3 is 0 Å². The van der Waals surface area contributed by atoms with E-state index in [1.54, 1.807) is 0 Å². The molecule has 1 aliphatic carbocycles. The highest BCUT2D eigenvalue weighted by Crippen LogP contribution is 2.14. The van der Waals surface area contributed by atoms with Crippen LogP contribution in [0.2, 0.25) is 0 Å². The maximum atomic E-state index is 11.2. The summed E-state index contributed by atoms with van der Waals surface area (Å²) in [4.78, 5) is 11.2. The summed E-state index contributed by atoms with van der Waals surface area (Å²) in [6.45, 7) is 2.20. The summed E-state index contributed by atoms with van der Waals surface area (Å²) in [5, 5.41) is 0. The van der Waals surface area contributed by atoms with Gasteiger partial charge >= 0.3 is 0 Å². The standard InChI is InChI=1S/C11H18O/c1-10-6-2-4-8-11(12)9-5-3-7-10/h6H,2-5,7-9H2,1H3/b10-6-. The molecule has 0 N–H and O–H groups in total. The molecule has 0 aliphatic heterocycles. The fraction of sp³-hybridized carbons (Fsp3) is 0.727. The van der Waals surface area contributed by atoms with E-state index in [0.717, 1.165) is 32.1 Å². The molecule has 0 saturated heterocycles. The van der Waals surface area contributed by atoms with Gasteiger partial charge in [-0.25, -0.2) is 0 Å². The molecular formula is C11H18O. The molecule has 0 heterocycles. The van der Waals surface area contributed by atoms with E-state index in [9.17, 15) is 4.79 Å². The first-order chi connectivity index (χ1) is 5.79. The second-order valence-corrected chi connectivity index (χ2v) is 3.69. The first-order valence-corrected chi connectivity index (χ1v) is 4.96. The van der Waals surface area contributed by atoms with Crippen molar-refractivity contribution in [2.24, 2.45) is 0 Å². The second kappa shape index (κ2) is 5.13. The third kappa shape index (κ3) is 3.70. The maximum Gasteiger partial charge on any atom is 0.132 e. The van der Waals surface area contributed by atoms with Gasteiger partial charge in [0.05, 0.1) is 0 Å². The van der Waals surface area contributed by atoms with Crippen LogP contribution in [0, 0.1) is 0 Å². The largest absolute Gasteiger partial charge is 0.300 e. The van der Waals surface area contributed by atoms with E-state index >= 15 is 0 Å². The van der Waals surface area contributed by atoms with Crippen molar-refractivity contribution < 1.29 is 4.79 Å². The summed E-state index contributed by atoms with van der Waals surface area (Å²) in [5.74, 6) is 0.461. The summed E-state index contributed by atoms with van der Waals surface area (Å²) >= 11 is 0. The molecule has 0 saturated carbocycles. The third-order valence-electron chi connectivity index (χ3n) is 2.43. The van der Waals surface area contributed by atoms with E-state index in [1.165, 1.54) is 18.4 Å². The lowest BCUT2D eigenvalue weighted by Gasteiger charge is -2.05. The number of carbonyl (C=O) groups excluding carboxylic acids is 1. The normalized spacial score (nSPS) is 26.1. The maximum absolute atomic E-state index is 11.2. The molecule has 0 amide bonds. The average Bonchev–Trinajstić information content (AvgIpc) is 2.06. The Kier molecular flexibility index (Phi) is 4.06. The molecule has 1 heteroatoms.